The standard InChI is InChI=1S/C20H34O7/c1-5-9-12-25-17(21)15-20(24,19(23)27-14-11-7-3)16(8-4)18(22)26-13-10-6-2/h8,16,24H,4-7,9-15H2,1-3H3. The summed E-state index contributed by atoms with van der Waals surface area (Å²) in [7, 11) is 0. The highest BCUT2D eigenvalue weighted by molar-refractivity contribution is 5.92. The molecule has 7 nitrogen and oxygen atoms in total. The SMILES string of the molecule is C=CC(C(=O)OCCCC)C(O)(CC(=O)OCCCC)C(=O)OCCCC. The van der Waals surface area contributed by atoms with Gasteiger partial charge in [0.05, 0.1) is 26.2 Å². The number of aliphatic hydroxyl groups is 1. The number of esters is 3. The second-order valence-corrected chi connectivity index (χ2v) is 6.40. The fraction of sp³-hybridized carbons (Fsp3) is 0.750. The molecular weight excluding hydrogens is 352 g/mol. The minimum Gasteiger partial charge on any atom is -0.466 e. The zero-order chi connectivity index (χ0) is 20.7. The average molecular weight is 386 g/mol. The number of rotatable bonds is 15. The lowest BCUT2D eigenvalue weighted by molar-refractivity contribution is -0.183. The first kappa shape index (κ1) is 25.1. The van der Waals surface area contributed by atoms with Gasteiger partial charge in [0.25, 0.3) is 0 Å². The molecule has 0 saturated carbocycles. The Morgan fingerprint density at radius 3 is 1.89 bits per heavy atom. The minimum atomic E-state index is -2.41. The van der Waals surface area contributed by atoms with Gasteiger partial charge in [-0.3, -0.25) is 9.59 Å². The quantitative estimate of drug-likeness (QED) is 0.200. The van der Waals surface area contributed by atoms with Crippen molar-refractivity contribution in [3.8, 4) is 0 Å². The van der Waals surface area contributed by atoms with Crippen molar-refractivity contribution in [1.82, 2.24) is 0 Å². The Labute approximate surface area is 162 Å². The van der Waals surface area contributed by atoms with E-state index in [1.165, 1.54) is 0 Å². The van der Waals surface area contributed by atoms with Crippen molar-refractivity contribution < 1.29 is 33.7 Å². The number of carbonyl (C=O) groups excluding carboxylic acids is 3. The molecule has 0 spiro atoms. The lowest BCUT2D eigenvalue weighted by Crippen LogP contribution is -2.51. The molecule has 27 heavy (non-hydrogen) atoms. The molecule has 0 aliphatic heterocycles. The Morgan fingerprint density at radius 1 is 0.926 bits per heavy atom. The van der Waals surface area contributed by atoms with Gasteiger partial charge in [0.1, 0.15) is 5.92 Å². The van der Waals surface area contributed by atoms with Crippen LogP contribution in [0.5, 0.6) is 0 Å². The van der Waals surface area contributed by atoms with Crippen molar-refractivity contribution in [2.45, 2.75) is 71.3 Å². The summed E-state index contributed by atoms with van der Waals surface area (Å²) in [5.41, 5.74) is -2.41. The molecule has 0 aliphatic carbocycles. The summed E-state index contributed by atoms with van der Waals surface area (Å²) < 4.78 is 15.2. The highest BCUT2D eigenvalue weighted by atomic mass is 16.6. The molecule has 156 valence electrons. The van der Waals surface area contributed by atoms with E-state index in [1.807, 2.05) is 20.8 Å². The molecule has 0 aromatic carbocycles. The van der Waals surface area contributed by atoms with Gasteiger partial charge >= 0.3 is 17.9 Å². The van der Waals surface area contributed by atoms with Crippen LogP contribution in [0.3, 0.4) is 0 Å². The van der Waals surface area contributed by atoms with E-state index in [4.69, 9.17) is 14.2 Å². The molecule has 0 aromatic rings. The van der Waals surface area contributed by atoms with Crippen molar-refractivity contribution in [2.75, 3.05) is 19.8 Å². The van der Waals surface area contributed by atoms with E-state index >= 15 is 0 Å². The summed E-state index contributed by atoms with van der Waals surface area (Å²) >= 11 is 0. The third kappa shape index (κ3) is 9.04. The van der Waals surface area contributed by atoms with E-state index in [0.29, 0.717) is 19.3 Å². The third-order valence-corrected chi connectivity index (χ3v) is 4.01. The number of hydrogen-bond acceptors (Lipinski definition) is 7. The van der Waals surface area contributed by atoms with Crippen LogP contribution < -0.4 is 0 Å². The van der Waals surface area contributed by atoms with Crippen LogP contribution >= 0.6 is 0 Å². The molecule has 0 rings (SSSR count). The minimum absolute atomic E-state index is 0.0806. The zero-order valence-electron chi connectivity index (χ0n) is 16.8. The molecule has 7 heteroatoms. The van der Waals surface area contributed by atoms with Crippen LogP contribution in [-0.2, 0) is 28.6 Å². The Balaban J connectivity index is 5.32. The lowest BCUT2D eigenvalue weighted by Gasteiger charge is -2.30. The summed E-state index contributed by atoms with van der Waals surface area (Å²) in [6, 6.07) is 0. The van der Waals surface area contributed by atoms with Crippen molar-refractivity contribution in [1.29, 1.82) is 0 Å². The van der Waals surface area contributed by atoms with Crippen LogP contribution in [0.2, 0.25) is 0 Å². The van der Waals surface area contributed by atoms with Gasteiger partial charge in [-0.15, -0.1) is 6.58 Å². The van der Waals surface area contributed by atoms with Gasteiger partial charge in [0, 0.05) is 0 Å². The van der Waals surface area contributed by atoms with E-state index in [2.05, 4.69) is 6.58 Å². The van der Waals surface area contributed by atoms with Crippen LogP contribution in [0.1, 0.15) is 65.7 Å². The summed E-state index contributed by atoms with van der Waals surface area (Å²) in [5.74, 6) is -4.09. The molecule has 0 amide bonds. The summed E-state index contributed by atoms with van der Waals surface area (Å²) in [5, 5.41) is 10.9. The molecule has 1 N–H and O–H groups in total. The van der Waals surface area contributed by atoms with Gasteiger partial charge in [-0.2, -0.15) is 0 Å². The van der Waals surface area contributed by atoms with Crippen LogP contribution in [0, 0.1) is 5.92 Å². The molecule has 0 saturated heterocycles. The maximum atomic E-state index is 12.5. The zero-order valence-corrected chi connectivity index (χ0v) is 16.8. The van der Waals surface area contributed by atoms with Gasteiger partial charge in [0.2, 0.25) is 0 Å². The molecule has 0 fully saturated rings. The Hall–Kier alpha value is -1.89. The van der Waals surface area contributed by atoms with E-state index in [-0.39, 0.29) is 19.8 Å². The Bertz CT molecular complexity index is 475. The van der Waals surface area contributed by atoms with Crippen molar-refractivity contribution in [3.05, 3.63) is 12.7 Å². The molecule has 2 unspecified atom stereocenters. The van der Waals surface area contributed by atoms with Gasteiger partial charge in [-0.25, -0.2) is 4.79 Å². The molecular formula is C20H34O7. The number of unbranched alkanes of at least 4 members (excludes halogenated alkanes) is 3. The highest BCUT2D eigenvalue weighted by Crippen LogP contribution is 2.27. The molecule has 2 atom stereocenters. The fourth-order valence-corrected chi connectivity index (χ4v) is 2.24. The Morgan fingerprint density at radius 2 is 1.41 bits per heavy atom. The second kappa shape index (κ2) is 14.2. The van der Waals surface area contributed by atoms with Gasteiger partial charge in [-0.1, -0.05) is 46.1 Å². The van der Waals surface area contributed by atoms with Crippen LogP contribution in [-0.4, -0.2) is 48.4 Å². The maximum Gasteiger partial charge on any atom is 0.339 e. The third-order valence-electron chi connectivity index (χ3n) is 4.01. The maximum absolute atomic E-state index is 12.5. The lowest BCUT2D eigenvalue weighted by atomic mass is 9.84. The van der Waals surface area contributed by atoms with E-state index in [0.717, 1.165) is 25.3 Å². The number of hydrogen-bond donors (Lipinski definition) is 1. The van der Waals surface area contributed by atoms with Gasteiger partial charge in [0.15, 0.2) is 5.60 Å². The first-order chi connectivity index (χ1) is 12.9. The normalized spacial score (nSPS) is 13.9. The van der Waals surface area contributed by atoms with Crippen LogP contribution in [0.25, 0.3) is 0 Å². The first-order valence-electron chi connectivity index (χ1n) is 9.71. The summed E-state index contributed by atoms with van der Waals surface area (Å²) in [6.45, 7) is 9.73. The molecule has 0 bridgehead atoms. The monoisotopic (exact) mass is 386 g/mol. The van der Waals surface area contributed by atoms with Crippen molar-refractivity contribution in [3.63, 3.8) is 0 Å². The predicted molar refractivity (Wildman–Crippen MR) is 101 cm³/mol. The number of ether oxygens (including phenoxy) is 3. The highest BCUT2D eigenvalue weighted by Gasteiger charge is 2.50. The number of carbonyl (C=O) groups is 3. The van der Waals surface area contributed by atoms with E-state index in [9.17, 15) is 19.5 Å². The van der Waals surface area contributed by atoms with Gasteiger partial charge in [-0.05, 0) is 19.3 Å². The average Bonchev–Trinajstić information content (AvgIpc) is 2.62. The molecule has 0 radical (unpaired) electrons. The summed E-state index contributed by atoms with van der Waals surface area (Å²) in [6.07, 6.45) is 4.74. The van der Waals surface area contributed by atoms with E-state index in [1.54, 1.807) is 0 Å². The Kier molecular flexibility index (Phi) is 13.2. The van der Waals surface area contributed by atoms with Crippen molar-refractivity contribution >= 4 is 17.9 Å². The first-order valence-corrected chi connectivity index (χ1v) is 9.71. The predicted octanol–water partition coefficient (Wildman–Crippen LogP) is 2.94. The van der Waals surface area contributed by atoms with Crippen LogP contribution in [0.4, 0.5) is 0 Å². The van der Waals surface area contributed by atoms with E-state index < -0.39 is 35.8 Å². The van der Waals surface area contributed by atoms with Crippen LogP contribution in [0.15, 0.2) is 12.7 Å². The molecule has 0 aromatic heterocycles. The second-order valence-electron chi connectivity index (χ2n) is 6.40. The smallest absolute Gasteiger partial charge is 0.339 e. The summed E-state index contributed by atoms with van der Waals surface area (Å²) in [4.78, 5) is 37.0. The molecule has 0 heterocycles. The topological polar surface area (TPSA) is 99.1 Å². The molecule has 0 aliphatic rings. The fourth-order valence-electron chi connectivity index (χ4n) is 2.24. The van der Waals surface area contributed by atoms with Gasteiger partial charge < -0.3 is 19.3 Å². The largest absolute Gasteiger partial charge is 0.466 e. The van der Waals surface area contributed by atoms with Crippen molar-refractivity contribution in [2.24, 2.45) is 5.92 Å².